The molecule has 8 heteroatoms. The van der Waals surface area contributed by atoms with E-state index in [9.17, 15) is 13.2 Å². The van der Waals surface area contributed by atoms with Crippen molar-refractivity contribution in [3.05, 3.63) is 70.3 Å². The van der Waals surface area contributed by atoms with Crippen LogP contribution in [0.3, 0.4) is 0 Å². The van der Waals surface area contributed by atoms with Gasteiger partial charge in [-0.15, -0.1) is 0 Å². The molecule has 0 radical (unpaired) electrons. The van der Waals surface area contributed by atoms with Crippen LogP contribution in [0, 0.1) is 5.95 Å². The van der Waals surface area contributed by atoms with E-state index in [4.69, 9.17) is 5.21 Å². The summed E-state index contributed by atoms with van der Waals surface area (Å²) in [5.74, 6) is -4.89. The summed E-state index contributed by atoms with van der Waals surface area (Å²) in [6, 6.07) is 8.11. The third-order valence-corrected chi connectivity index (χ3v) is 3.86. The van der Waals surface area contributed by atoms with Gasteiger partial charge in [0, 0.05) is 27.8 Å². The van der Waals surface area contributed by atoms with E-state index in [0.29, 0.717) is 10.9 Å². The molecule has 0 aliphatic carbocycles. The van der Waals surface area contributed by atoms with Crippen molar-refractivity contribution in [3.8, 4) is 0 Å². The fraction of sp³-hybridized carbons (Fsp3) is 0.0625. The molecule has 0 spiro atoms. The van der Waals surface area contributed by atoms with Crippen molar-refractivity contribution in [3.63, 3.8) is 0 Å². The van der Waals surface area contributed by atoms with E-state index in [-0.39, 0.29) is 4.47 Å². The number of rotatable bonds is 3. The Morgan fingerprint density at radius 3 is 2.71 bits per heavy atom. The summed E-state index contributed by atoms with van der Waals surface area (Å²) in [5.41, 5.74) is -1.63. The number of hydrogen-bond acceptors (Lipinski definition) is 4. The molecular weight excluding hydrogens is 387 g/mol. The number of oxime groups is 1. The summed E-state index contributed by atoms with van der Waals surface area (Å²) in [7, 11) is 0. The molecule has 3 aromatic rings. The summed E-state index contributed by atoms with van der Waals surface area (Å²) in [6.07, 6.45) is 2.66. The second-order valence-electron chi connectivity index (χ2n) is 4.93. The fourth-order valence-corrected chi connectivity index (χ4v) is 2.61. The fourth-order valence-electron chi connectivity index (χ4n) is 2.28. The molecule has 0 saturated heterocycles. The Labute approximate surface area is 142 Å². The molecule has 122 valence electrons. The number of halogens is 4. The van der Waals surface area contributed by atoms with Gasteiger partial charge in [0.05, 0.1) is 11.1 Å². The summed E-state index contributed by atoms with van der Waals surface area (Å²) >= 11 is 3.03. The highest BCUT2D eigenvalue weighted by Crippen LogP contribution is 2.35. The van der Waals surface area contributed by atoms with Crippen LogP contribution in [0.1, 0.15) is 11.1 Å². The predicted octanol–water partition coefficient (Wildman–Crippen LogP) is 4.50. The molecule has 0 unspecified atom stereocenters. The van der Waals surface area contributed by atoms with Crippen molar-refractivity contribution >= 4 is 32.5 Å². The van der Waals surface area contributed by atoms with Crippen LogP contribution in [0.2, 0.25) is 0 Å². The number of nitrogens with zero attached hydrogens (tertiary/aromatic N) is 3. The molecule has 4 nitrogen and oxygen atoms in total. The lowest BCUT2D eigenvalue weighted by Gasteiger charge is -2.19. The molecule has 2 aromatic heterocycles. The minimum Gasteiger partial charge on any atom is -0.410 e. The first-order valence-electron chi connectivity index (χ1n) is 6.70. The summed E-state index contributed by atoms with van der Waals surface area (Å²) in [5, 5.41) is 12.2. The average Bonchev–Trinajstić information content (AvgIpc) is 2.58. The molecule has 0 aliphatic heterocycles. The maximum absolute atomic E-state index is 14.8. The Balaban J connectivity index is 2.14. The molecule has 0 aliphatic rings. The average molecular weight is 396 g/mol. The number of aromatic nitrogens is 2. The maximum atomic E-state index is 14.8. The van der Waals surface area contributed by atoms with Crippen LogP contribution in [0.4, 0.5) is 13.2 Å². The van der Waals surface area contributed by atoms with Gasteiger partial charge in [0.2, 0.25) is 5.95 Å². The standard InChI is InChI=1S/C16H9BrF3N3O/c17-11-7-12(15(18)22-8-11)14(23-24)16(19,20)10-3-4-13-9(6-10)2-1-5-21-13/h1-8,24H. The van der Waals surface area contributed by atoms with Gasteiger partial charge in [-0.3, -0.25) is 4.98 Å². The lowest BCUT2D eigenvalue weighted by atomic mass is 9.97. The molecule has 3 rings (SSSR count). The van der Waals surface area contributed by atoms with Crippen molar-refractivity contribution in [1.29, 1.82) is 0 Å². The lowest BCUT2D eigenvalue weighted by molar-refractivity contribution is 0.0722. The highest BCUT2D eigenvalue weighted by molar-refractivity contribution is 9.10. The maximum Gasteiger partial charge on any atom is 0.318 e. The minimum absolute atomic E-state index is 0.276. The van der Waals surface area contributed by atoms with Gasteiger partial charge in [-0.25, -0.2) is 4.98 Å². The number of hydrogen-bond donors (Lipinski definition) is 1. The van der Waals surface area contributed by atoms with E-state index in [1.54, 1.807) is 18.3 Å². The summed E-state index contributed by atoms with van der Waals surface area (Å²) in [6.45, 7) is 0. The first kappa shape index (κ1) is 16.4. The number of pyridine rings is 2. The molecule has 1 N–H and O–H groups in total. The highest BCUT2D eigenvalue weighted by atomic mass is 79.9. The van der Waals surface area contributed by atoms with E-state index in [0.717, 1.165) is 18.3 Å². The second kappa shape index (κ2) is 6.20. The topological polar surface area (TPSA) is 58.4 Å². The smallest absolute Gasteiger partial charge is 0.318 e. The van der Waals surface area contributed by atoms with Gasteiger partial charge < -0.3 is 5.21 Å². The van der Waals surface area contributed by atoms with Crippen LogP contribution >= 0.6 is 15.9 Å². The van der Waals surface area contributed by atoms with Gasteiger partial charge in [0.25, 0.3) is 0 Å². The van der Waals surface area contributed by atoms with E-state index < -0.39 is 28.7 Å². The number of alkyl halides is 2. The van der Waals surface area contributed by atoms with Crippen LogP contribution in [0.5, 0.6) is 0 Å². The van der Waals surface area contributed by atoms with E-state index in [1.807, 2.05) is 0 Å². The van der Waals surface area contributed by atoms with Gasteiger partial charge in [0.1, 0.15) is 0 Å². The van der Waals surface area contributed by atoms with Crippen LogP contribution in [-0.4, -0.2) is 20.9 Å². The SMILES string of the molecule is ON=C(c1cc(Br)cnc1F)C(F)(F)c1ccc2ncccc2c1. The van der Waals surface area contributed by atoms with Gasteiger partial charge in [-0.2, -0.15) is 13.2 Å². The molecule has 0 amide bonds. The van der Waals surface area contributed by atoms with Crippen molar-refractivity contribution in [2.24, 2.45) is 5.16 Å². The third-order valence-electron chi connectivity index (χ3n) is 3.42. The van der Waals surface area contributed by atoms with Gasteiger partial charge in [0.15, 0.2) is 5.71 Å². The molecule has 0 bridgehead atoms. The van der Waals surface area contributed by atoms with E-state index in [2.05, 4.69) is 31.1 Å². The molecule has 0 saturated carbocycles. The Bertz CT molecular complexity index is 947. The minimum atomic E-state index is -3.73. The second-order valence-corrected chi connectivity index (χ2v) is 5.84. The molecular formula is C16H9BrF3N3O. The van der Waals surface area contributed by atoms with Crippen LogP contribution in [0.25, 0.3) is 10.9 Å². The zero-order valence-corrected chi connectivity index (χ0v) is 13.5. The van der Waals surface area contributed by atoms with Gasteiger partial charge >= 0.3 is 5.92 Å². The molecule has 0 fully saturated rings. The Morgan fingerprint density at radius 2 is 1.96 bits per heavy atom. The van der Waals surface area contributed by atoms with Crippen LogP contribution in [0.15, 0.2) is 58.4 Å². The van der Waals surface area contributed by atoms with E-state index in [1.165, 1.54) is 12.1 Å². The molecule has 24 heavy (non-hydrogen) atoms. The molecule has 0 atom stereocenters. The van der Waals surface area contributed by atoms with Gasteiger partial charge in [-0.05, 0) is 40.2 Å². The molecule has 1 aromatic carbocycles. The van der Waals surface area contributed by atoms with Crippen molar-refractivity contribution < 1.29 is 18.4 Å². The van der Waals surface area contributed by atoms with Crippen LogP contribution in [-0.2, 0) is 5.92 Å². The highest BCUT2D eigenvalue weighted by Gasteiger charge is 2.41. The number of benzene rings is 1. The van der Waals surface area contributed by atoms with Crippen molar-refractivity contribution in [1.82, 2.24) is 9.97 Å². The first-order chi connectivity index (χ1) is 11.4. The number of fused-ring (bicyclic) bond motifs is 1. The zero-order chi connectivity index (χ0) is 17.3. The lowest BCUT2D eigenvalue weighted by Crippen LogP contribution is -2.28. The third kappa shape index (κ3) is 2.84. The van der Waals surface area contributed by atoms with E-state index >= 15 is 0 Å². The Kier molecular flexibility index (Phi) is 4.23. The first-order valence-corrected chi connectivity index (χ1v) is 7.50. The quantitative estimate of drug-likeness (QED) is 0.307. The monoisotopic (exact) mass is 395 g/mol. The summed E-state index contributed by atoms with van der Waals surface area (Å²) in [4.78, 5) is 7.41. The normalized spacial score (nSPS) is 12.6. The summed E-state index contributed by atoms with van der Waals surface area (Å²) < 4.78 is 43.8. The molecule has 2 heterocycles. The van der Waals surface area contributed by atoms with Crippen LogP contribution < -0.4 is 0 Å². The Morgan fingerprint density at radius 1 is 1.17 bits per heavy atom. The predicted molar refractivity (Wildman–Crippen MR) is 85.9 cm³/mol. The Hall–Kier alpha value is -2.48. The van der Waals surface area contributed by atoms with Gasteiger partial charge in [-0.1, -0.05) is 17.3 Å². The van der Waals surface area contributed by atoms with Crippen molar-refractivity contribution in [2.75, 3.05) is 0 Å². The van der Waals surface area contributed by atoms with Crippen molar-refractivity contribution in [2.45, 2.75) is 5.92 Å². The largest absolute Gasteiger partial charge is 0.410 e. The zero-order valence-electron chi connectivity index (χ0n) is 11.9.